The lowest BCUT2D eigenvalue weighted by Gasteiger charge is -2.18. The van der Waals surface area contributed by atoms with E-state index in [2.05, 4.69) is 0 Å². The minimum Gasteiger partial charge on any atom is -0.390 e. The van der Waals surface area contributed by atoms with Gasteiger partial charge in [-0.05, 0) is 6.42 Å². The second kappa shape index (κ2) is 3.87. The molecule has 1 fully saturated rings. The minimum atomic E-state index is -0.570. The van der Waals surface area contributed by atoms with Crippen LogP contribution in [-0.4, -0.2) is 41.7 Å². The zero-order valence-corrected chi connectivity index (χ0v) is 7.36. The van der Waals surface area contributed by atoms with Gasteiger partial charge in [0.1, 0.15) is 0 Å². The number of hydrogen-bond donors (Lipinski definition) is 2. The third-order valence-corrected chi connectivity index (χ3v) is 2.27. The second-order valence-electron chi connectivity index (χ2n) is 3.36. The molecule has 4 heteroatoms. The van der Waals surface area contributed by atoms with Crippen LogP contribution in [0.4, 0.5) is 0 Å². The summed E-state index contributed by atoms with van der Waals surface area (Å²) in [5, 5.41) is 9.20. The molecule has 0 aromatic rings. The Kier molecular flexibility index (Phi) is 3.05. The molecule has 0 aromatic heterocycles. The van der Waals surface area contributed by atoms with Gasteiger partial charge < -0.3 is 15.7 Å². The lowest BCUT2D eigenvalue weighted by molar-refractivity contribution is -0.131. The number of hydrogen-bond acceptors (Lipinski definition) is 3. The number of carbonyl (C=O) groups excluding carboxylic acids is 1. The Morgan fingerprint density at radius 3 is 2.92 bits per heavy atom. The predicted molar refractivity (Wildman–Crippen MR) is 45.4 cm³/mol. The Hall–Kier alpha value is -0.610. The van der Waals surface area contributed by atoms with Crippen molar-refractivity contribution >= 4 is 5.91 Å². The van der Waals surface area contributed by atoms with E-state index in [1.807, 2.05) is 6.92 Å². The molecule has 0 radical (unpaired) electrons. The first-order valence-electron chi connectivity index (χ1n) is 4.32. The molecule has 1 heterocycles. The quantitative estimate of drug-likeness (QED) is 0.584. The summed E-state index contributed by atoms with van der Waals surface area (Å²) in [5.74, 6) is 0.262. The molecule has 2 atom stereocenters. The van der Waals surface area contributed by atoms with Gasteiger partial charge in [0.05, 0.1) is 6.10 Å². The number of amides is 1. The Bertz CT molecular complexity index is 172. The molecule has 0 saturated carbocycles. The number of nitrogens with two attached hydrogens (primary N) is 1. The van der Waals surface area contributed by atoms with E-state index in [4.69, 9.17) is 5.73 Å². The molecule has 1 rings (SSSR count). The Morgan fingerprint density at radius 1 is 1.83 bits per heavy atom. The van der Waals surface area contributed by atoms with Crippen molar-refractivity contribution in [1.29, 1.82) is 0 Å². The Morgan fingerprint density at radius 2 is 2.50 bits per heavy atom. The van der Waals surface area contributed by atoms with E-state index >= 15 is 0 Å². The highest BCUT2D eigenvalue weighted by Gasteiger charge is 2.28. The third-order valence-electron chi connectivity index (χ3n) is 2.27. The molecule has 12 heavy (non-hydrogen) atoms. The standard InChI is InChI=1S/C8H16N2O2/c1-6-2-3-10(8(6)12)5-7(11)4-9/h6-7,11H,2-5,9H2,1H3. The van der Waals surface area contributed by atoms with Crippen molar-refractivity contribution in [2.75, 3.05) is 19.6 Å². The van der Waals surface area contributed by atoms with Crippen LogP contribution in [0.3, 0.4) is 0 Å². The summed E-state index contributed by atoms with van der Waals surface area (Å²) in [7, 11) is 0. The Balaban J connectivity index is 2.39. The van der Waals surface area contributed by atoms with Crippen molar-refractivity contribution in [3.05, 3.63) is 0 Å². The second-order valence-corrected chi connectivity index (χ2v) is 3.36. The summed E-state index contributed by atoms with van der Waals surface area (Å²) in [6.07, 6.45) is 0.329. The molecular weight excluding hydrogens is 156 g/mol. The number of carbonyl (C=O) groups is 1. The van der Waals surface area contributed by atoms with Gasteiger partial charge in [0, 0.05) is 25.6 Å². The van der Waals surface area contributed by atoms with Crippen LogP contribution in [0, 0.1) is 5.92 Å². The fraction of sp³-hybridized carbons (Fsp3) is 0.875. The van der Waals surface area contributed by atoms with Crippen LogP contribution in [-0.2, 0) is 4.79 Å². The maximum atomic E-state index is 11.3. The molecule has 1 aliphatic rings. The lowest BCUT2D eigenvalue weighted by atomic mass is 10.1. The van der Waals surface area contributed by atoms with Gasteiger partial charge in [-0.15, -0.1) is 0 Å². The molecule has 1 amide bonds. The van der Waals surface area contributed by atoms with Gasteiger partial charge in [0.15, 0.2) is 0 Å². The van der Waals surface area contributed by atoms with Gasteiger partial charge >= 0.3 is 0 Å². The predicted octanol–water partition coefficient (Wildman–Crippen LogP) is -0.826. The van der Waals surface area contributed by atoms with Gasteiger partial charge in [0.2, 0.25) is 5.91 Å². The van der Waals surface area contributed by atoms with Crippen LogP contribution in [0.25, 0.3) is 0 Å². The first-order chi connectivity index (χ1) is 5.65. The van der Waals surface area contributed by atoms with Crippen molar-refractivity contribution in [2.45, 2.75) is 19.4 Å². The van der Waals surface area contributed by atoms with E-state index in [-0.39, 0.29) is 18.4 Å². The number of nitrogens with zero attached hydrogens (tertiary/aromatic N) is 1. The molecule has 1 aliphatic heterocycles. The zero-order valence-electron chi connectivity index (χ0n) is 7.36. The summed E-state index contributed by atoms with van der Waals surface area (Å²) >= 11 is 0. The normalized spacial score (nSPS) is 26.4. The molecular formula is C8H16N2O2. The number of β-amino-alcohol motifs (C(OH)–C–C–N with tert-alkyl or cyclic N) is 1. The topological polar surface area (TPSA) is 66.6 Å². The van der Waals surface area contributed by atoms with Crippen molar-refractivity contribution in [2.24, 2.45) is 11.7 Å². The highest BCUT2D eigenvalue weighted by atomic mass is 16.3. The number of rotatable bonds is 3. The van der Waals surface area contributed by atoms with Crippen LogP contribution in [0.5, 0.6) is 0 Å². The molecule has 3 N–H and O–H groups in total. The number of aliphatic hydroxyl groups is 1. The molecule has 0 bridgehead atoms. The van der Waals surface area contributed by atoms with Gasteiger partial charge in [-0.1, -0.05) is 6.92 Å². The number of likely N-dealkylation sites (tertiary alicyclic amines) is 1. The van der Waals surface area contributed by atoms with Crippen molar-refractivity contribution in [1.82, 2.24) is 4.90 Å². The molecule has 0 aromatic carbocycles. The number of aliphatic hydroxyl groups excluding tert-OH is 1. The fourth-order valence-electron chi connectivity index (χ4n) is 1.41. The van der Waals surface area contributed by atoms with Gasteiger partial charge in [0.25, 0.3) is 0 Å². The summed E-state index contributed by atoms with van der Waals surface area (Å²) in [6.45, 7) is 3.28. The summed E-state index contributed by atoms with van der Waals surface area (Å²) in [6, 6.07) is 0. The van der Waals surface area contributed by atoms with Crippen molar-refractivity contribution in [3.63, 3.8) is 0 Å². The molecule has 0 aliphatic carbocycles. The monoisotopic (exact) mass is 172 g/mol. The maximum absolute atomic E-state index is 11.3. The first-order valence-corrected chi connectivity index (χ1v) is 4.32. The SMILES string of the molecule is CC1CCN(CC(O)CN)C1=O. The maximum Gasteiger partial charge on any atom is 0.225 e. The van der Waals surface area contributed by atoms with E-state index in [9.17, 15) is 9.90 Å². The molecule has 1 saturated heterocycles. The van der Waals surface area contributed by atoms with Crippen molar-refractivity contribution in [3.8, 4) is 0 Å². The smallest absolute Gasteiger partial charge is 0.225 e. The van der Waals surface area contributed by atoms with Gasteiger partial charge in [-0.3, -0.25) is 4.79 Å². The van der Waals surface area contributed by atoms with Gasteiger partial charge in [-0.25, -0.2) is 0 Å². The van der Waals surface area contributed by atoms with E-state index in [1.54, 1.807) is 4.90 Å². The van der Waals surface area contributed by atoms with Crippen molar-refractivity contribution < 1.29 is 9.90 Å². The molecule has 4 nitrogen and oxygen atoms in total. The van der Waals surface area contributed by atoms with Crippen LogP contribution in [0.2, 0.25) is 0 Å². The zero-order chi connectivity index (χ0) is 9.14. The highest BCUT2D eigenvalue weighted by Crippen LogP contribution is 2.16. The van der Waals surface area contributed by atoms with E-state index < -0.39 is 6.10 Å². The van der Waals surface area contributed by atoms with Crippen LogP contribution in [0.1, 0.15) is 13.3 Å². The summed E-state index contributed by atoms with van der Waals surface area (Å²) in [5.41, 5.74) is 5.24. The molecule has 70 valence electrons. The fourth-order valence-corrected chi connectivity index (χ4v) is 1.41. The Labute approximate surface area is 72.3 Å². The van der Waals surface area contributed by atoms with Crippen LogP contribution in [0.15, 0.2) is 0 Å². The summed E-state index contributed by atoms with van der Waals surface area (Å²) in [4.78, 5) is 13.0. The minimum absolute atomic E-state index is 0.120. The largest absolute Gasteiger partial charge is 0.390 e. The van der Waals surface area contributed by atoms with Crippen LogP contribution >= 0.6 is 0 Å². The third kappa shape index (κ3) is 1.95. The molecule has 2 unspecified atom stereocenters. The van der Waals surface area contributed by atoms with E-state index in [0.29, 0.717) is 6.54 Å². The lowest BCUT2D eigenvalue weighted by Crippen LogP contribution is -2.37. The van der Waals surface area contributed by atoms with E-state index in [0.717, 1.165) is 13.0 Å². The van der Waals surface area contributed by atoms with Gasteiger partial charge in [-0.2, -0.15) is 0 Å². The van der Waals surface area contributed by atoms with E-state index in [1.165, 1.54) is 0 Å². The summed E-state index contributed by atoms with van der Waals surface area (Å²) < 4.78 is 0. The average molecular weight is 172 g/mol. The average Bonchev–Trinajstić information content (AvgIpc) is 2.36. The first kappa shape index (κ1) is 9.48. The highest BCUT2D eigenvalue weighted by molar-refractivity contribution is 5.80. The van der Waals surface area contributed by atoms with Crippen LogP contribution < -0.4 is 5.73 Å². The molecule has 0 spiro atoms.